The van der Waals surface area contributed by atoms with Gasteiger partial charge in [-0.05, 0) is 43.0 Å². The predicted octanol–water partition coefficient (Wildman–Crippen LogP) is 3.18. The summed E-state index contributed by atoms with van der Waals surface area (Å²) in [6.45, 7) is 6.31. The maximum Gasteiger partial charge on any atom is 0.438 e. The zero-order valence-corrected chi connectivity index (χ0v) is 14.5. The van der Waals surface area contributed by atoms with Crippen molar-refractivity contribution in [2.75, 3.05) is 6.61 Å². The van der Waals surface area contributed by atoms with Gasteiger partial charge in [-0.3, -0.25) is 4.79 Å². The molecular weight excluding hydrogens is 337 g/mol. The van der Waals surface area contributed by atoms with Gasteiger partial charge < -0.3 is 9.84 Å². The molecule has 0 spiro atoms. The molecule has 0 bridgehead atoms. The van der Waals surface area contributed by atoms with E-state index in [0.717, 1.165) is 11.1 Å². The van der Waals surface area contributed by atoms with Crippen molar-refractivity contribution in [2.45, 2.75) is 46.0 Å². The molecule has 8 heteroatoms. The summed E-state index contributed by atoms with van der Waals surface area (Å²) in [5.74, 6) is -1.02. The van der Waals surface area contributed by atoms with Crippen LogP contribution in [0.1, 0.15) is 31.4 Å². The SMILES string of the molecule is Cc1cc(C)cc(OCC(=O)N2N=C(C(C)C)C[C@]2(O)C(F)(F)F)c1. The molecule has 0 saturated carbocycles. The minimum absolute atomic E-state index is 0.102. The van der Waals surface area contributed by atoms with Crippen LogP contribution in [0.25, 0.3) is 0 Å². The maximum absolute atomic E-state index is 13.3. The Morgan fingerprint density at radius 3 is 2.36 bits per heavy atom. The van der Waals surface area contributed by atoms with E-state index in [9.17, 15) is 23.1 Å². The van der Waals surface area contributed by atoms with Gasteiger partial charge in [-0.25, -0.2) is 0 Å². The molecule has 1 amide bonds. The van der Waals surface area contributed by atoms with Gasteiger partial charge in [0.05, 0.1) is 0 Å². The molecule has 5 nitrogen and oxygen atoms in total. The molecule has 1 N–H and O–H groups in total. The highest BCUT2D eigenvalue weighted by Gasteiger charge is 2.63. The van der Waals surface area contributed by atoms with E-state index in [0.29, 0.717) is 5.75 Å². The molecule has 2 rings (SSSR count). The Balaban J connectivity index is 2.19. The van der Waals surface area contributed by atoms with E-state index in [1.807, 2.05) is 19.9 Å². The number of hydrazone groups is 1. The first-order chi connectivity index (χ1) is 11.4. The van der Waals surface area contributed by atoms with Crippen LogP contribution in [0.2, 0.25) is 0 Å². The zero-order valence-electron chi connectivity index (χ0n) is 14.5. The van der Waals surface area contributed by atoms with Gasteiger partial charge >= 0.3 is 6.18 Å². The van der Waals surface area contributed by atoms with Gasteiger partial charge in [0, 0.05) is 12.1 Å². The van der Waals surface area contributed by atoms with Crippen LogP contribution in [-0.4, -0.2) is 40.2 Å². The number of benzene rings is 1. The van der Waals surface area contributed by atoms with Crippen LogP contribution in [0.4, 0.5) is 13.2 Å². The third kappa shape index (κ3) is 3.95. The highest BCUT2D eigenvalue weighted by molar-refractivity contribution is 5.92. The van der Waals surface area contributed by atoms with Crippen molar-refractivity contribution in [1.29, 1.82) is 0 Å². The number of hydrogen-bond acceptors (Lipinski definition) is 4. The molecular formula is C17H21F3N2O3. The second-order valence-corrected chi connectivity index (χ2v) is 6.55. The van der Waals surface area contributed by atoms with E-state index in [-0.39, 0.29) is 16.6 Å². The first-order valence-electron chi connectivity index (χ1n) is 7.84. The average Bonchev–Trinajstić information content (AvgIpc) is 2.83. The minimum atomic E-state index is -5.03. The molecule has 1 aliphatic heterocycles. The molecule has 0 fully saturated rings. The van der Waals surface area contributed by atoms with Crippen LogP contribution >= 0.6 is 0 Å². The largest absolute Gasteiger partial charge is 0.484 e. The number of aliphatic hydroxyl groups is 1. The highest BCUT2D eigenvalue weighted by Crippen LogP contribution is 2.41. The number of amides is 1. The van der Waals surface area contributed by atoms with E-state index in [2.05, 4.69) is 5.10 Å². The van der Waals surface area contributed by atoms with E-state index in [4.69, 9.17) is 4.74 Å². The molecule has 0 unspecified atom stereocenters. The van der Waals surface area contributed by atoms with Crippen LogP contribution < -0.4 is 4.74 Å². The first kappa shape index (κ1) is 19.2. The zero-order chi connectivity index (χ0) is 19.0. The second-order valence-electron chi connectivity index (χ2n) is 6.55. The minimum Gasteiger partial charge on any atom is -0.484 e. The molecule has 1 atom stereocenters. The number of ether oxygens (including phenoxy) is 1. The number of rotatable bonds is 4. The van der Waals surface area contributed by atoms with Crippen LogP contribution in [0, 0.1) is 19.8 Å². The van der Waals surface area contributed by atoms with E-state index < -0.39 is 30.8 Å². The lowest BCUT2D eigenvalue weighted by Gasteiger charge is -2.32. The summed E-state index contributed by atoms with van der Waals surface area (Å²) in [4.78, 5) is 12.3. The van der Waals surface area contributed by atoms with Crippen molar-refractivity contribution in [3.05, 3.63) is 29.3 Å². The summed E-state index contributed by atoms with van der Waals surface area (Å²) in [5, 5.41) is 13.9. The number of carbonyl (C=O) groups excluding carboxylic acids is 1. The molecule has 25 heavy (non-hydrogen) atoms. The monoisotopic (exact) mass is 358 g/mol. The smallest absolute Gasteiger partial charge is 0.438 e. The molecule has 1 heterocycles. The highest BCUT2D eigenvalue weighted by atomic mass is 19.4. The third-order valence-electron chi connectivity index (χ3n) is 3.92. The van der Waals surface area contributed by atoms with Gasteiger partial charge in [0.2, 0.25) is 0 Å². The summed E-state index contributed by atoms with van der Waals surface area (Å²) >= 11 is 0. The van der Waals surface area contributed by atoms with Crippen LogP contribution in [-0.2, 0) is 4.79 Å². The molecule has 0 aromatic heterocycles. The molecule has 0 saturated heterocycles. The topological polar surface area (TPSA) is 62.1 Å². The molecule has 1 aromatic rings. The Morgan fingerprint density at radius 1 is 1.32 bits per heavy atom. The van der Waals surface area contributed by atoms with Crippen molar-refractivity contribution in [3.63, 3.8) is 0 Å². The van der Waals surface area contributed by atoms with E-state index in [1.165, 1.54) is 0 Å². The summed E-state index contributed by atoms with van der Waals surface area (Å²) in [5.41, 5.74) is -1.43. The van der Waals surface area contributed by atoms with Crippen molar-refractivity contribution in [1.82, 2.24) is 5.01 Å². The fraction of sp³-hybridized carbons (Fsp3) is 0.529. The molecule has 1 aromatic carbocycles. The average molecular weight is 358 g/mol. The summed E-state index contributed by atoms with van der Waals surface area (Å²) < 4.78 is 45.2. The molecule has 0 radical (unpaired) electrons. The lowest BCUT2D eigenvalue weighted by atomic mass is 9.99. The molecule has 0 aliphatic carbocycles. The van der Waals surface area contributed by atoms with Gasteiger partial charge in [-0.2, -0.15) is 23.3 Å². The molecule has 138 valence electrons. The quantitative estimate of drug-likeness (QED) is 0.899. The Kier molecular flexibility index (Phi) is 5.13. The number of alkyl halides is 3. The fourth-order valence-corrected chi connectivity index (χ4v) is 2.60. The van der Waals surface area contributed by atoms with Crippen molar-refractivity contribution >= 4 is 11.6 Å². The summed E-state index contributed by atoms with van der Waals surface area (Å²) in [6, 6.07) is 5.24. The van der Waals surface area contributed by atoms with Gasteiger partial charge in [-0.15, -0.1) is 0 Å². The van der Waals surface area contributed by atoms with Gasteiger partial charge in [0.1, 0.15) is 5.75 Å². The van der Waals surface area contributed by atoms with Gasteiger partial charge in [0.25, 0.3) is 11.6 Å². The lowest BCUT2D eigenvalue weighted by molar-refractivity contribution is -0.302. The van der Waals surface area contributed by atoms with E-state index >= 15 is 0 Å². The van der Waals surface area contributed by atoms with Crippen molar-refractivity contribution < 1.29 is 27.8 Å². The second kappa shape index (κ2) is 6.67. The Bertz CT molecular complexity index is 681. The van der Waals surface area contributed by atoms with Gasteiger partial charge in [0.15, 0.2) is 6.61 Å². The van der Waals surface area contributed by atoms with Crippen molar-refractivity contribution in [2.24, 2.45) is 11.0 Å². The Labute approximate surface area is 144 Å². The summed E-state index contributed by atoms with van der Waals surface area (Å²) in [7, 11) is 0. The number of aryl methyl sites for hydroxylation is 2. The number of carbonyl (C=O) groups is 1. The Morgan fingerprint density at radius 2 is 1.88 bits per heavy atom. The normalized spacial score (nSPS) is 20.8. The third-order valence-corrected chi connectivity index (χ3v) is 3.92. The predicted molar refractivity (Wildman–Crippen MR) is 86.2 cm³/mol. The number of hydrogen-bond donors (Lipinski definition) is 1. The Hall–Kier alpha value is -2.09. The van der Waals surface area contributed by atoms with Crippen LogP contribution in [0.15, 0.2) is 23.3 Å². The van der Waals surface area contributed by atoms with E-state index in [1.54, 1.807) is 26.0 Å². The number of nitrogens with zero attached hydrogens (tertiary/aromatic N) is 2. The van der Waals surface area contributed by atoms with Gasteiger partial charge in [-0.1, -0.05) is 19.9 Å². The number of halogens is 3. The standard InChI is InChI=1S/C17H21F3N2O3/c1-10(2)14-8-16(24,17(18,19)20)22(21-14)15(23)9-25-13-6-11(3)5-12(4)7-13/h5-7,10,24H,8-9H2,1-4H3/t16-/m0/s1. The van der Waals surface area contributed by atoms with Crippen LogP contribution in [0.5, 0.6) is 5.75 Å². The lowest BCUT2D eigenvalue weighted by Crippen LogP contribution is -2.57. The fourth-order valence-electron chi connectivity index (χ4n) is 2.60. The molecule has 1 aliphatic rings. The maximum atomic E-state index is 13.3. The van der Waals surface area contributed by atoms with Crippen LogP contribution in [0.3, 0.4) is 0 Å². The first-order valence-corrected chi connectivity index (χ1v) is 7.84. The van der Waals surface area contributed by atoms with Crippen molar-refractivity contribution in [3.8, 4) is 5.75 Å². The summed E-state index contributed by atoms with van der Waals surface area (Å²) in [6.07, 6.45) is -5.79.